The lowest BCUT2D eigenvalue weighted by Gasteiger charge is -2.16. The Morgan fingerprint density at radius 3 is 2.59 bits per heavy atom. The van der Waals surface area contributed by atoms with Gasteiger partial charge in [-0.1, -0.05) is 0 Å². The van der Waals surface area contributed by atoms with Crippen molar-refractivity contribution >= 4 is 23.1 Å². The first-order valence-corrected chi connectivity index (χ1v) is 7.23. The second kappa shape index (κ2) is 6.64. The van der Waals surface area contributed by atoms with Gasteiger partial charge in [-0.25, -0.2) is 0 Å². The molecule has 0 aliphatic rings. The van der Waals surface area contributed by atoms with Crippen LogP contribution < -0.4 is 15.8 Å². The van der Waals surface area contributed by atoms with Crippen molar-refractivity contribution in [1.29, 1.82) is 0 Å². The summed E-state index contributed by atoms with van der Waals surface area (Å²) in [5.74, 6) is 1.88. The molecule has 0 saturated heterocycles. The number of nitrogen functional groups attached to an aromatic ring is 1. The second-order valence-electron chi connectivity index (χ2n) is 4.46. The summed E-state index contributed by atoms with van der Waals surface area (Å²) in [6, 6.07) is 6.19. The lowest BCUT2D eigenvalue weighted by molar-refractivity contribution is 0.242. The third-order valence-electron chi connectivity index (χ3n) is 2.13. The number of nitrogens with two attached hydrogens (primary N) is 1. The fourth-order valence-corrected chi connectivity index (χ4v) is 2.21. The fraction of sp³-hybridized carbons (Fsp3) is 0.538. The number of anilines is 2. The zero-order valence-corrected chi connectivity index (χ0v) is 11.8. The van der Waals surface area contributed by atoms with Crippen molar-refractivity contribution in [3.05, 3.63) is 18.2 Å². The highest BCUT2D eigenvalue weighted by Gasteiger charge is 2.05. The van der Waals surface area contributed by atoms with Gasteiger partial charge in [0, 0.05) is 35.3 Å². The molecule has 0 aliphatic heterocycles. The first-order chi connectivity index (χ1) is 8.01. The van der Waals surface area contributed by atoms with E-state index in [0.717, 1.165) is 22.9 Å². The van der Waals surface area contributed by atoms with Gasteiger partial charge in [0.15, 0.2) is 0 Å². The summed E-state index contributed by atoms with van der Waals surface area (Å²) in [5.41, 5.74) is 7.60. The van der Waals surface area contributed by atoms with Crippen LogP contribution in [-0.4, -0.2) is 24.2 Å². The van der Waals surface area contributed by atoms with Crippen LogP contribution in [0.1, 0.15) is 20.8 Å². The van der Waals surface area contributed by atoms with Crippen molar-refractivity contribution < 1.29 is 4.74 Å². The van der Waals surface area contributed by atoms with Crippen molar-refractivity contribution in [3.8, 4) is 5.75 Å². The Balaban J connectivity index is 2.74. The van der Waals surface area contributed by atoms with Gasteiger partial charge < -0.3 is 15.8 Å². The molecule has 3 nitrogen and oxygen atoms in total. The summed E-state index contributed by atoms with van der Waals surface area (Å²) in [7, 11) is 0. The summed E-state index contributed by atoms with van der Waals surface area (Å²) >= 11 is 1.82. The largest absolute Gasteiger partial charge is 0.491 e. The Hall–Kier alpha value is -1.03. The molecule has 1 unspecified atom stereocenters. The van der Waals surface area contributed by atoms with Crippen LogP contribution in [0.25, 0.3) is 0 Å². The van der Waals surface area contributed by atoms with Crippen LogP contribution in [0.3, 0.4) is 0 Å². The minimum Gasteiger partial charge on any atom is -0.491 e. The predicted octanol–water partition coefficient (Wildman–Crippen LogP) is 3.22. The fourth-order valence-electron chi connectivity index (χ4n) is 1.62. The summed E-state index contributed by atoms with van der Waals surface area (Å²) in [6.07, 6.45) is 2.26. The minimum absolute atomic E-state index is 0.160. The SMILES string of the molecule is CSCC(C)Nc1cc(N)cc(OC(C)C)c1. The van der Waals surface area contributed by atoms with Crippen LogP contribution in [0.4, 0.5) is 11.4 Å². The number of hydrogen-bond donors (Lipinski definition) is 2. The Bertz CT molecular complexity index is 355. The smallest absolute Gasteiger partial charge is 0.123 e. The Morgan fingerprint density at radius 2 is 2.00 bits per heavy atom. The Labute approximate surface area is 108 Å². The summed E-state index contributed by atoms with van der Waals surface area (Å²) < 4.78 is 5.65. The maximum atomic E-state index is 5.86. The molecule has 0 aromatic heterocycles. The number of nitrogens with one attached hydrogen (secondary N) is 1. The number of rotatable bonds is 6. The molecule has 17 heavy (non-hydrogen) atoms. The molecule has 1 rings (SSSR count). The molecule has 1 atom stereocenters. The average Bonchev–Trinajstić information content (AvgIpc) is 2.14. The van der Waals surface area contributed by atoms with E-state index in [9.17, 15) is 0 Å². The first kappa shape index (κ1) is 14.0. The molecule has 4 heteroatoms. The lowest BCUT2D eigenvalue weighted by Crippen LogP contribution is -2.18. The van der Waals surface area contributed by atoms with E-state index in [4.69, 9.17) is 10.5 Å². The van der Waals surface area contributed by atoms with Gasteiger partial charge in [0.25, 0.3) is 0 Å². The van der Waals surface area contributed by atoms with E-state index in [1.54, 1.807) is 0 Å². The lowest BCUT2D eigenvalue weighted by atomic mass is 10.2. The van der Waals surface area contributed by atoms with E-state index in [2.05, 4.69) is 18.5 Å². The van der Waals surface area contributed by atoms with E-state index in [1.807, 2.05) is 43.8 Å². The predicted molar refractivity (Wildman–Crippen MR) is 78.1 cm³/mol. The third-order valence-corrected chi connectivity index (χ3v) is 2.96. The second-order valence-corrected chi connectivity index (χ2v) is 5.37. The molecule has 3 N–H and O–H groups in total. The maximum Gasteiger partial charge on any atom is 0.123 e. The van der Waals surface area contributed by atoms with Gasteiger partial charge in [-0.05, 0) is 33.1 Å². The van der Waals surface area contributed by atoms with E-state index >= 15 is 0 Å². The number of ether oxygens (including phenoxy) is 1. The number of thioether (sulfide) groups is 1. The van der Waals surface area contributed by atoms with Gasteiger partial charge in [0.05, 0.1) is 6.10 Å². The summed E-state index contributed by atoms with van der Waals surface area (Å²) in [4.78, 5) is 0. The summed E-state index contributed by atoms with van der Waals surface area (Å²) in [6.45, 7) is 6.17. The maximum absolute atomic E-state index is 5.86. The highest BCUT2D eigenvalue weighted by molar-refractivity contribution is 7.98. The van der Waals surface area contributed by atoms with Crippen molar-refractivity contribution in [2.75, 3.05) is 23.1 Å². The molecule has 96 valence electrons. The van der Waals surface area contributed by atoms with Gasteiger partial charge in [-0.15, -0.1) is 0 Å². The molecule has 0 saturated carbocycles. The van der Waals surface area contributed by atoms with Crippen molar-refractivity contribution in [2.24, 2.45) is 0 Å². The molecular weight excluding hydrogens is 232 g/mol. The quantitative estimate of drug-likeness (QED) is 0.765. The van der Waals surface area contributed by atoms with E-state index in [-0.39, 0.29) is 6.10 Å². The third kappa shape index (κ3) is 5.22. The average molecular weight is 254 g/mol. The van der Waals surface area contributed by atoms with Crippen molar-refractivity contribution in [1.82, 2.24) is 0 Å². The molecular formula is C13H22N2OS. The van der Waals surface area contributed by atoms with Crippen LogP contribution in [0, 0.1) is 0 Å². The van der Waals surface area contributed by atoms with Crippen molar-refractivity contribution in [3.63, 3.8) is 0 Å². The van der Waals surface area contributed by atoms with Crippen LogP contribution in [0.5, 0.6) is 5.75 Å². The number of hydrogen-bond acceptors (Lipinski definition) is 4. The molecule has 1 aromatic rings. The summed E-state index contributed by atoms with van der Waals surface area (Å²) in [5, 5.41) is 3.42. The molecule has 0 amide bonds. The number of benzene rings is 1. The van der Waals surface area contributed by atoms with E-state index in [1.165, 1.54) is 0 Å². The Kier molecular flexibility index (Phi) is 5.48. The van der Waals surface area contributed by atoms with Gasteiger partial charge >= 0.3 is 0 Å². The van der Waals surface area contributed by atoms with E-state index in [0.29, 0.717) is 6.04 Å². The molecule has 0 radical (unpaired) electrons. The highest BCUT2D eigenvalue weighted by atomic mass is 32.2. The topological polar surface area (TPSA) is 47.3 Å². The van der Waals surface area contributed by atoms with Crippen LogP contribution in [0.2, 0.25) is 0 Å². The first-order valence-electron chi connectivity index (χ1n) is 5.84. The molecule has 0 bridgehead atoms. The van der Waals surface area contributed by atoms with Crippen LogP contribution in [0.15, 0.2) is 18.2 Å². The van der Waals surface area contributed by atoms with Gasteiger partial charge in [0.1, 0.15) is 5.75 Å². The zero-order chi connectivity index (χ0) is 12.8. The monoisotopic (exact) mass is 254 g/mol. The van der Waals surface area contributed by atoms with Gasteiger partial charge in [-0.2, -0.15) is 11.8 Å². The van der Waals surface area contributed by atoms with Crippen LogP contribution >= 0.6 is 11.8 Å². The molecule has 0 heterocycles. The normalized spacial score (nSPS) is 12.5. The van der Waals surface area contributed by atoms with Crippen molar-refractivity contribution in [2.45, 2.75) is 32.9 Å². The van der Waals surface area contributed by atoms with Crippen LogP contribution in [-0.2, 0) is 0 Å². The highest BCUT2D eigenvalue weighted by Crippen LogP contribution is 2.24. The standard InChI is InChI=1S/C13H22N2OS/c1-9(2)16-13-6-11(14)5-12(7-13)15-10(3)8-17-4/h5-7,9-10,15H,8,14H2,1-4H3. The zero-order valence-electron chi connectivity index (χ0n) is 11.0. The van der Waals surface area contributed by atoms with E-state index < -0.39 is 0 Å². The Morgan fingerprint density at radius 1 is 1.29 bits per heavy atom. The molecule has 0 spiro atoms. The minimum atomic E-state index is 0.160. The molecule has 0 aliphatic carbocycles. The van der Waals surface area contributed by atoms with Gasteiger partial charge in [0.2, 0.25) is 0 Å². The molecule has 1 aromatic carbocycles. The molecule has 0 fully saturated rings. The van der Waals surface area contributed by atoms with Gasteiger partial charge in [-0.3, -0.25) is 0 Å².